The lowest BCUT2D eigenvalue weighted by atomic mass is 9.91. The summed E-state index contributed by atoms with van der Waals surface area (Å²) in [6.07, 6.45) is -0.283. The molecule has 6 rings (SSSR count). The van der Waals surface area contributed by atoms with Crippen molar-refractivity contribution in [3.63, 3.8) is 0 Å². The van der Waals surface area contributed by atoms with Crippen molar-refractivity contribution in [1.82, 2.24) is 24.6 Å². The molecule has 0 spiro atoms. The molecule has 1 aliphatic rings. The molecule has 37 heavy (non-hydrogen) atoms. The van der Waals surface area contributed by atoms with E-state index >= 15 is 0 Å². The fourth-order valence-electron chi connectivity index (χ4n) is 5.01. The molecule has 0 bridgehead atoms. The number of hydrogen-bond donors (Lipinski definition) is 2. The summed E-state index contributed by atoms with van der Waals surface area (Å²) in [7, 11) is 0. The fraction of sp³-hybridized carbons (Fsp3) is 0.296. The summed E-state index contributed by atoms with van der Waals surface area (Å²) >= 11 is 0. The minimum Gasteiger partial charge on any atom is -0.406 e. The van der Waals surface area contributed by atoms with Crippen LogP contribution in [0, 0.1) is 0 Å². The van der Waals surface area contributed by atoms with Crippen molar-refractivity contribution in [2.45, 2.75) is 51.4 Å². The molecule has 1 aliphatic carbocycles. The SMILES string of the molecule is CC(C)c1cnn2c(N[C@@H]3CCc4[nH]c5ccccc5c4C3)nc(-c3ccc(OC(F)(F)F)cc3)nc12. The van der Waals surface area contributed by atoms with E-state index in [4.69, 9.17) is 9.97 Å². The summed E-state index contributed by atoms with van der Waals surface area (Å²) in [5.74, 6) is 0.842. The van der Waals surface area contributed by atoms with Gasteiger partial charge in [0.1, 0.15) is 5.75 Å². The maximum absolute atomic E-state index is 12.6. The zero-order valence-corrected chi connectivity index (χ0v) is 20.3. The molecular formula is C27H25F3N6O. The van der Waals surface area contributed by atoms with Crippen LogP contribution in [0.3, 0.4) is 0 Å². The summed E-state index contributed by atoms with van der Waals surface area (Å²) in [5.41, 5.74) is 5.95. The number of nitrogens with zero attached hydrogens (tertiary/aromatic N) is 4. The second kappa shape index (κ2) is 8.79. The van der Waals surface area contributed by atoms with Crippen molar-refractivity contribution in [2.24, 2.45) is 0 Å². The van der Waals surface area contributed by atoms with Crippen molar-refractivity contribution < 1.29 is 17.9 Å². The fourth-order valence-corrected chi connectivity index (χ4v) is 5.01. The van der Waals surface area contributed by atoms with Gasteiger partial charge in [-0.05, 0) is 61.1 Å². The minimum absolute atomic E-state index is 0.131. The first-order valence-corrected chi connectivity index (χ1v) is 12.2. The number of ether oxygens (including phenoxy) is 1. The first-order chi connectivity index (χ1) is 17.7. The van der Waals surface area contributed by atoms with Crippen LogP contribution in [0.1, 0.15) is 43.0 Å². The lowest BCUT2D eigenvalue weighted by Gasteiger charge is -2.24. The molecule has 3 aromatic heterocycles. The molecule has 190 valence electrons. The zero-order valence-electron chi connectivity index (χ0n) is 20.3. The number of hydrogen-bond acceptors (Lipinski definition) is 5. The number of fused-ring (bicyclic) bond motifs is 4. The molecule has 5 aromatic rings. The number of nitrogens with one attached hydrogen (secondary N) is 2. The second-order valence-corrected chi connectivity index (χ2v) is 9.64. The highest BCUT2D eigenvalue weighted by Gasteiger charge is 2.31. The molecule has 0 saturated heterocycles. The molecule has 10 heteroatoms. The monoisotopic (exact) mass is 506 g/mol. The molecule has 0 amide bonds. The molecule has 0 unspecified atom stereocenters. The van der Waals surface area contributed by atoms with Gasteiger partial charge in [0.2, 0.25) is 5.95 Å². The second-order valence-electron chi connectivity index (χ2n) is 9.64. The third-order valence-electron chi connectivity index (χ3n) is 6.79. The van der Waals surface area contributed by atoms with Gasteiger partial charge < -0.3 is 15.0 Å². The van der Waals surface area contributed by atoms with Gasteiger partial charge in [-0.2, -0.15) is 14.6 Å². The largest absolute Gasteiger partial charge is 0.573 e. The van der Waals surface area contributed by atoms with E-state index in [0.717, 1.165) is 30.3 Å². The van der Waals surface area contributed by atoms with Crippen molar-refractivity contribution in [2.75, 3.05) is 5.32 Å². The highest BCUT2D eigenvalue weighted by atomic mass is 19.4. The average molecular weight is 507 g/mol. The summed E-state index contributed by atoms with van der Waals surface area (Å²) in [5, 5.41) is 9.38. The predicted octanol–water partition coefficient (Wildman–Crippen LogP) is 6.26. The highest BCUT2D eigenvalue weighted by Crippen LogP contribution is 2.32. The van der Waals surface area contributed by atoms with Crippen LogP contribution in [0.2, 0.25) is 0 Å². The summed E-state index contributed by atoms with van der Waals surface area (Å²) in [6.45, 7) is 4.13. The van der Waals surface area contributed by atoms with Crippen molar-refractivity contribution in [3.8, 4) is 17.1 Å². The third kappa shape index (κ3) is 4.47. The Morgan fingerprint density at radius 2 is 1.86 bits per heavy atom. The lowest BCUT2D eigenvalue weighted by molar-refractivity contribution is -0.274. The Hall–Kier alpha value is -4.08. The normalized spacial score (nSPS) is 15.9. The summed E-state index contributed by atoms with van der Waals surface area (Å²) < 4.78 is 43.5. The lowest BCUT2D eigenvalue weighted by Crippen LogP contribution is -2.29. The van der Waals surface area contributed by atoms with E-state index in [9.17, 15) is 13.2 Å². The van der Waals surface area contributed by atoms with Crippen LogP contribution in [0.25, 0.3) is 27.9 Å². The number of rotatable bonds is 5. The Morgan fingerprint density at radius 1 is 1.08 bits per heavy atom. The minimum atomic E-state index is -4.75. The first-order valence-electron chi connectivity index (χ1n) is 12.2. The van der Waals surface area contributed by atoms with E-state index in [2.05, 4.69) is 52.2 Å². The van der Waals surface area contributed by atoms with Gasteiger partial charge in [0.05, 0.1) is 6.20 Å². The maximum atomic E-state index is 12.6. The number of alkyl halides is 3. The van der Waals surface area contributed by atoms with E-state index in [1.807, 2.05) is 6.07 Å². The molecule has 7 nitrogen and oxygen atoms in total. The van der Waals surface area contributed by atoms with Gasteiger partial charge in [0.15, 0.2) is 11.5 Å². The van der Waals surface area contributed by atoms with Gasteiger partial charge in [0, 0.05) is 33.8 Å². The molecule has 3 heterocycles. The number of aromatic amines is 1. The molecule has 0 aliphatic heterocycles. The van der Waals surface area contributed by atoms with Gasteiger partial charge in [0.25, 0.3) is 0 Å². The van der Waals surface area contributed by atoms with E-state index in [1.54, 1.807) is 10.7 Å². The number of aromatic nitrogens is 5. The van der Waals surface area contributed by atoms with Gasteiger partial charge in [-0.25, -0.2) is 4.98 Å². The molecule has 2 aromatic carbocycles. The Labute approximate surface area is 210 Å². The first kappa shape index (κ1) is 23.3. The summed E-state index contributed by atoms with van der Waals surface area (Å²) in [4.78, 5) is 13.0. The molecule has 0 saturated carbocycles. The van der Waals surface area contributed by atoms with Crippen LogP contribution in [0.15, 0.2) is 54.7 Å². The van der Waals surface area contributed by atoms with Crippen LogP contribution in [-0.2, 0) is 12.8 Å². The van der Waals surface area contributed by atoms with Crippen LogP contribution in [-0.4, -0.2) is 37.0 Å². The van der Waals surface area contributed by atoms with Gasteiger partial charge in [-0.15, -0.1) is 13.2 Å². The molecule has 0 fully saturated rings. The number of benzene rings is 2. The quantitative estimate of drug-likeness (QED) is 0.294. The standard InChI is InChI=1S/C27H25F3N6O/c1-15(2)21-14-31-36-25(21)34-24(16-7-10-18(11-8-16)37-27(28,29)30)35-26(36)32-17-9-12-23-20(13-17)19-5-3-4-6-22(19)33-23/h3-8,10-11,14-15,17,33H,9,12-13H2,1-2H3,(H,32,34,35)/t17-/m1/s1. The zero-order chi connectivity index (χ0) is 25.7. The van der Waals surface area contributed by atoms with Crippen LogP contribution in [0.5, 0.6) is 5.75 Å². The topological polar surface area (TPSA) is 80.1 Å². The highest BCUT2D eigenvalue weighted by molar-refractivity contribution is 5.85. The molecule has 2 N–H and O–H groups in total. The van der Waals surface area contributed by atoms with E-state index in [0.29, 0.717) is 23.0 Å². The van der Waals surface area contributed by atoms with Crippen molar-refractivity contribution >= 4 is 22.5 Å². The van der Waals surface area contributed by atoms with E-state index < -0.39 is 6.36 Å². The predicted molar refractivity (Wildman–Crippen MR) is 135 cm³/mol. The van der Waals surface area contributed by atoms with Crippen LogP contribution < -0.4 is 10.1 Å². The molecule has 1 atom stereocenters. The Bertz CT molecular complexity index is 1590. The number of para-hydroxylation sites is 1. The Balaban J connectivity index is 1.36. The Kier molecular flexibility index (Phi) is 5.54. The maximum Gasteiger partial charge on any atom is 0.573 e. The van der Waals surface area contributed by atoms with Gasteiger partial charge in [-0.1, -0.05) is 32.0 Å². The average Bonchev–Trinajstić information content (AvgIpc) is 3.45. The van der Waals surface area contributed by atoms with Gasteiger partial charge >= 0.3 is 6.36 Å². The third-order valence-corrected chi connectivity index (χ3v) is 6.79. The summed E-state index contributed by atoms with van der Waals surface area (Å²) in [6, 6.07) is 14.0. The smallest absolute Gasteiger partial charge is 0.406 e. The van der Waals surface area contributed by atoms with Crippen molar-refractivity contribution in [3.05, 3.63) is 71.5 Å². The van der Waals surface area contributed by atoms with Crippen molar-refractivity contribution in [1.29, 1.82) is 0 Å². The number of anilines is 1. The van der Waals surface area contributed by atoms with Gasteiger partial charge in [-0.3, -0.25) is 0 Å². The number of halogens is 3. The Morgan fingerprint density at radius 3 is 2.62 bits per heavy atom. The van der Waals surface area contributed by atoms with Crippen LogP contribution in [0.4, 0.5) is 19.1 Å². The molecule has 0 radical (unpaired) electrons. The number of aryl methyl sites for hydroxylation is 1. The van der Waals surface area contributed by atoms with E-state index in [-0.39, 0.29) is 17.7 Å². The van der Waals surface area contributed by atoms with Crippen LogP contribution >= 0.6 is 0 Å². The number of H-pyrrole nitrogens is 1. The molecular weight excluding hydrogens is 481 g/mol. The van der Waals surface area contributed by atoms with E-state index in [1.165, 1.54) is 40.9 Å².